The van der Waals surface area contributed by atoms with Gasteiger partial charge in [0.05, 0.1) is 19.3 Å². The summed E-state index contributed by atoms with van der Waals surface area (Å²) in [6.07, 6.45) is -0.728. The Morgan fingerprint density at radius 3 is 2.05 bits per heavy atom. The minimum absolute atomic E-state index is 0.0310. The molecule has 0 saturated carbocycles. The predicted molar refractivity (Wildman–Crippen MR) is 146 cm³/mol. The number of nitrogens with two attached hydrogens (primary N) is 1. The van der Waals surface area contributed by atoms with Crippen LogP contribution in [0.3, 0.4) is 0 Å². The van der Waals surface area contributed by atoms with Crippen LogP contribution in [0.1, 0.15) is 52.4 Å². The molecule has 13 nitrogen and oxygen atoms in total. The van der Waals surface area contributed by atoms with Crippen LogP contribution in [-0.4, -0.2) is 109 Å². The minimum atomic E-state index is -1.08. The van der Waals surface area contributed by atoms with E-state index < -0.39 is 60.7 Å². The van der Waals surface area contributed by atoms with Crippen LogP contribution in [-0.2, 0) is 43.0 Å². The molecule has 0 heterocycles. The second-order valence-corrected chi connectivity index (χ2v) is 10.1. The average Bonchev–Trinajstić information content (AvgIpc) is 2.95. The molecule has 1 amide bonds. The lowest BCUT2D eigenvalue weighted by Crippen LogP contribution is -2.37. The van der Waals surface area contributed by atoms with Gasteiger partial charge in [-0.05, 0) is 6.42 Å². The van der Waals surface area contributed by atoms with Gasteiger partial charge < -0.3 is 35.5 Å². The van der Waals surface area contributed by atoms with E-state index >= 15 is 0 Å². The fraction of sp³-hybridized carbons (Fsp3) is 0.769. The highest BCUT2D eigenvalue weighted by molar-refractivity contribution is 7.99. The largest absolute Gasteiger partial charge is 0.462 e. The first kappa shape index (κ1) is 37.6. The Balaban J connectivity index is 4.72. The molecule has 14 heteroatoms. The Labute approximate surface area is 239 Å². The van der Waals surface area contributed by atoms with Crippen LogP contribution in [0.25, 0.3) is 0 Å². The van der Waals surface area contributed by atoms with Gasteiger partial charge in [0.15, 0.2) is 5.78 Å². The van der Waals surface area contributed by atoms with E-state index in [0.717, 1.165) is 0 Å². The summed E-state index contributed by atoms with van der Waals surface area (Å²) in [4.78, 5) is 71.9. The highest BCUT2D eigenvalue weighted by Crippen LogP contribution is 2.17. The first-order valence-electron chi connectivity index (χ1n) is 13.3. The Morgan fingerprint density at radius 1 is 0.875 bits per heavy atom. The molecule has 0 aromatic heterocycles. The molecule has 0 spiro atoms. The van der Waals surface area contributed by atoms with E-state index in [9.17, 15) is 39.0 Å². The molecular formula is C26H44N2O11S. The summed E-state index contributed by atoms with van der Waals surface area (Å²) >= 11 is 1.21. The van der Waals surface area contributed by atoms with E-state index in [0.29, 0.717) is 6.42 Å². The number of amides is 1. The summed E-state index contributed by atoms with van der Waals surface area (Å²) in [7, 11) is 1.47. The fourth-order valence-corrected chi connectivity index (χ4v) is 4.25. The maximum Gasteiger partial charge on any atom is 0.305 e. The van der Waals surface area contributed by atoms with Crippen molar-refractivity contribution in [1.82, 2.24) is 5.32 Å². The van der Waals surface area contributed by atoms with Gasteiger partial charge in [-0.2, -0.15) is 11.8 Å². The van der Waals surface area contributed by atoms with E-state index in [1.807, 2.05) is 0 Å². The van der Waals surface area contributed by atoms with E-state index in [2.05, 4.69) is 5.32 Å². The summed E-state index contributed by atoms with van der Waals surface area (Å²) in [5.41, 5.74) is 5.97. The van der Waals surface area contributed by atoms with Gasteiger partial charge in [-0.15, -0.1) is 0 Å². The molecule has 4 unspecified atom stereocenters. The molecule has 0 radical (unpaired) electrons. The third-order valence-electron chi connectivity index (χ3n) is 5.79. The van der Waals surface area contributed by atoms with Crippen LogP contribution < -0.4 is 11.1 Å². The summed E-state index contributed by atoms with van der Waals surface area (Å²) < 4.78 is 15.4. The van der Waals surface area contributed by atoms with Gasteiger partial charge in [0.1, 0.15) is 30.9 Å². The Morgan fingerprint density at radius 2 is 1.48 bits per heavy atom. The first-order valence-corrected chi connectivity index (χ1v) is 14.4. The molecule has 0 aromatic carbocycles. The molecule has 5 N–H and O–H groups in total. The molecular weight excluding hydrogens is 548 g/mol. The van der Waals surface area contributed by atoms with Crippen LogP contribution in [0.5, 0.6) is 0 Å². The molecule has 0 saturated heterocycles. The number of carbonyl (C=O) groups excluding carboxylic acids is 6. The molecule has 40 heavy (non-hydrogen) atoms. The van der Waals surface area contributed by atoms with E-state index in [1.54, 1.807) is 13.8 Å². The number of esters is 2. The Kier molecular flexibility index (Phi) is 21.0. The van der Waals surface area contributed by atoms with Crippen LogP contribution in [0.2, 0.25) is 0 Å². The number of aliphatic hydroxyl groups is 2. The normalized spacial score (nSPS) is 13.9. The second-order valence-electron chi connectivity index (χ2n) is 9.04. The van der Waals surface area contributed by atoms with Crippen molar-refractivity contribution in [2.24, 2.45) is 17.6 Å². The van der Waals surface area contributed by atoms with Gasteiger partial charge in [-0.1, -0.05) is 13.8 Å². The first-order chi connectivity index (χ1) is 19.0. The number of ketones is 3. The van der Waals surface area contributed by atoms with Gasteiger partial charge in [-0.25, -0.2) is 0 Å². The lowest BCUT2D eigenvalue weighted by molar-refractivity contribution is -0.157. The maximum atomic E-state index is 12.7. The van der Waals surface area contributed by atoms with E-state index in [1.165, 1.54) is 18.8 Å². The molecule has 230 valence electrons. The molecule has 0 aliphatic rings. The quantitative estimate of drug-likeness (QED) is 0.0829. The van der Waals surface area contributed by atoms with Gasteiger partial charge >= 0.3 is 11.9 Å². The molecule has 0 aliphatic carbocycles. The number of Topliss-reactive ketones (excluding diaryl/α,β-unsaturated/α-hetero) is 3. The van der Waals surface area contributed by atoms with Crippen LogP contribution in [0, 0.1) is 11.8 Å². The number of hydrogen-bond acceptors (Lipinski definition) is 13. The highest BCUT2D eigenvalue weighted by Gasteiger charge is 2.29. The molecule has 0 bridgehead atoms. The summed E-state index contributed by atoms with van der Waals surface area (Å²) in [6, 6.07) is -0.974. The van der Waals surface area contributed by atoms with E-state index in [-0.39, 0.29) is 75.1 Å². The van der Waals surface area contributed by atoms with Gasteiger partial charge in [0.2, 0.25) is 5.91 Å². The molecule has 0 aliphatic heterocycles. The van der Waals surface area contributed by atoms with Crippen LogP contribution in [0.15, 0.2) is 0 Å². The second kappa shape index (κ2) is 22.3. The Bertz CT molecular complexity index is 824. The summed E-state index contributed by atoms with van der Waals surface area (Å²) in [5, 5.41) is 21.7. The SMILES string of the molecule is CCC(=O)OCC(CSCC(N)C(=O)CC(CO)C(=O)CC(CO)C(=O)CCCOCC(=O)NC)OC(=O)CC. The summed E-state index contributed by atoms with van der Waals surface area (Å²) in [6.45, 7) is 1.97. The topological polar surface area (TPSA) is 209 Å². The van der Waals surface area contributed by atoms with Gasteiger partial charge in [0, 0.05) is 69.1 Å². The van der Waals surface area contributed by atoms with Crippen molar-refractivity contribution < 1.29 is 53.2 Å². The lowest BCUT2D eigenvalue weighted by atomic mass is 9.88. The van der Waals surface area contributed by atoms with E-state index in [4.69, 9.17) is 19.9 Å². The predicted octanol–water partition coefficient (Wildman–Crippen LogP) is -0.431. The van der Waals surface area contributed by atoms with Crippen molar-refractivity contribution in [3.63, 3.8) is 0 Å². The fourth-order valence-electron chi connectivity index (χ4n) is 3.25. The number of thioether (sulfide) groups is 1. The van der Waals surface area contributed by atoms with Crippen LogP contribution >= 0.6 is 11.8 Å². The van der Waals surface area contributed by atoms with Crippen molar-refractivity contribution >= 4 is 47.0 Å². The summed E-state index contributed by atoms with van der Waals surface area (Å²) in [5.74, 6) is -4.28. The Hall–Kier alpha value is -2.39. The zero-order chi connectivity index (χ0) is 30.5. The average molecular weight is 593 g/mol. The molecule has 0 rings (SSSR count). The lowest BCUT2D eigenvalue weighted by Gasteiger charge is -2.20. The highest BCUT2D eigenvalue weighted by atomic mass is 32.2. The molecule has 0 fully saturated rings. The smallest absolute Gasteiger partial charge is 0.305 e. The van der Waals surface area contributed by atoms with Crippen molar-refractivity contribution in [3.05, 3.63) is 0 Å². The number of nitrogens with one attached hydrogen (secondary N) is 1. The standard InChI is InChI=1S/C26H44N2O11S/c1-4-25(35)38-13-19(39-26(36)5-2)15-40-16-20(27)23(33)10-18(12-30)22(32)9-17(11-29)21(31)7-6-8-37-14-24(34)28-3/h17-20,29-30H,4-16,27H2,1-3H3,(H,28,34). The van der Waals surface area contributed by atoms with Crippen molar-refractivity contribution in [2.45, 2.75) is 64.5 Å². The van der Waals surface area contributed by atoms with Crippen molar-refractivity contribution in [3.8, 4) is 0 Å². The maximum absolute atomic E-state index is 12.7. The number of rotatable bonds is 24. The van der Waals surface area contributed by atoms with Gasteiger partial charge in [-0.3, -0.25) is 28.8 Å². The van der Waals surface area contributed by atoms with Crippen molar-refractivity contribution in [1.29, 1.82) is 0 Å². The number of aliphatic hydroxyl groups excluding tert-OH is 2. The van der Waals surface area contributed by atoms with Crippen molar-refractivity contribution in [2.75, 3.05) is 51.6 Å². The number of hydrogen-bond donors (Lipinski definition) is 4. The minimum Gasteiger partial charge on any atom is -0.462 e. The van der Waals surface area contributed by atoms with Crippen LogP contribution in [0.4, 0.5) is 0 Å². The molecule has 4 atom stereocenters. The third-order valence-corrected chi connectivity index (χ3v) is 6.99. The van der Waals surface area contributed by atoms with Gasteiger partial charge in [0.25, 0.3) is 0 Å². The zero-order valence-corrected chi connectivity index (χ0v) is 24.4. The number of likely N-dealkylation sites (N-methyl/N-ethyl adjacent to an activating group) is 1. The number of carbonyl (C=O) groups is 6. The zero-order valence-electron chi connectivity index (χ0n) is 23.6. The number of ether oxygens (including phenoxy) is 3. The monoisotopic (exact) mass is 592 g/mol. The third kappa shape index (κ3) is 16.7. The molecule has 0 aromatic rings.